The molecule has 0 saturated carbocycles. The van der Waals surface area contributed by atoms with E-state index >= 15 is 0 Å². The van der Waals surface area contributed by atoms with E-state index in [1.54, 1.807) is 25.1 Å². The first kappa shape index (κ1) is 24.0. The maximum Gasteiger partial charge on any atom is 0.232 e. The number of hydrogen-bond donors (Lipinski definition) is 1. The molecule has 2 aromatic carbocycles. The number of sulfonamides is 1. The van der Waals surface area contributed by atoms with Crippen molar-refractivity contribution in [2.45, 2.75) is 39.7 Å². The molecule has 0 heterocycles. The van der Waals surface area contributed by atoms with Gasteiger partial charge in [-0.15, -0.1) is 0 Å². The van der Waals surface area contributed by atoms with E-state index in [1.807, 2.05) is 38.1 Å². The number of ether oxygens (including phenoxy) is 1. The number of anilines is 1. The van der Waals surface area contributed by atoms with Crippen LogP contribution in [0.2, 0.25) is 5.02 Å². The number of carbonyl (C=O) groups excluding carboxylic acids is 1. The molecule has 0 aliphatic heterocycles. The topological polar surface area (TPSA) is 75.7 Å². The van der Waals surface area contributed by atoms with Gasteiger partial charge in [0.15, 0.2) is 0 Å². The standard InChI is InChI=1S/C22H29ClN2O4S/c1-16-9-5-6-12-21(16)29-15-17(2)24-22(26)13-8-14-25(30(4,27)28)20-11-7-10-19(23)18(20)3/h5-7,9-12,17H,8,13-15H2,1-4H3,(H,24,26). The highest BCUT2D eigenvalue weighted by Crippen LogP contribution is 2.28. The summed E-state index contributed by atoms with van der Waals surface area (Å²) in [4.78, 5) is 12.3. The number of halogens is 1. The van der Waals surface area contributed by atoms with E-state index < -0.39 is 10.0 Å². The van der Waals surface area contributed by atoms with E-state index in [-0.39, 0.29) is 24.9 Å². The van der Waals surface area contributed by atoms with Crippen LogP contribution >= 0.6 is 11.6 Å². The predicted molar refractivity (Wildman–Crippen MR) is 122 cm³/mol. The van der Waals surface area contributed by atoms with Crippen LogP contribution < -0.4 is 14.4 Å². The number of para-hydroxylation sites is 1. The van der Waals surface area contributed by atoms with Crippen LogP contribution in [0.15, 0.2) is 42.5 Å². The van der Waals surface area contributed by atoms with Crippen molar-refractivity contribution in [3.05, 3.63) is 58.6 Å². The average Bonchev–Trinajstić information content (AvgIpc) is 2.66. The molecule has 1 unspecified atom stereocenters. The maximum absolute atomic E-state index is 12.3. The summed E-state index contributed by atoms with van der Waals surface area (Å²) in [6.45, 7) is 6.16. The third kappa shape index (κ3) is 6.92. The van der Waals surface area contributed by atoms with Crippen molar-refractivity contribution >= 4 is 33.2 Å². The zero-order valence-electron chi connectivity index (χ0n) is 17.8. The average molecular weight is 453 g/mol. The molecule has 0 bridgehead atoms. The molecular weight excluding hydrogens is 424 g/mol. The molecule has 1 atom stereocenters. The van der Waals surface area contributed by atoms with Gasteiger partial charge in [-0.25, -0.2) is 8.42 Å². The second kappa shape index (κ2) is 10.7. The van der Waals surface area contributed by atoms with Crippen LogP contribution in [0, 0.1) is 13.8 Å². The van der Waals surface area contributed by atoms with E-state index in [0.29, 0.717) is 29.3 Å². The zero-order valence-corrected chi connectivity index (χ0v) is 19.4. The summed E-state index contributed by atoms with van der Waals surface area (Å²) in [7, 11) is -3.50. The van der Waals surface area contributed by atoms with Crippen molar-refractivity contribution < 1.29 is 17.9 Å². The van der Waals surface area contributed by atoms with Gasteiger partial charge in [-0.05, 0) is 56.5 Å². The normalized spacial score (nSPS) is 12.3. The molecule has 0 spiro atoms. The lowest BCUT2D eigenvalue weighted by molar-refractivity contribution is -0.121. The fraction of sp³-hybridized carbons (Fsp3) is 0.409. The summed E-state index contributed by atoms with van der Waals surface area (Å²) < 4.78 is 31.6. The number of aryl methyl sites for hydroxylation is 1. The van der Waals surface area contributed by atoms with Gasteiger partial charge in [0.1, 0.15) is 12.4 Å². The molecule has 0 aliphatic carbocycles. The van der Waals surface area contributed by atoms with Crippen LogP contribution in [-0.2, 0) is 14.8 Å². The number of hydrogen-bond acceptors (Lipinski definition) is 4. The summed E-state index contributed by atoms with van der Waals surface area (Å²) in [5.74, 6) is 0.645. The van der Waals surface area contributed by atoms with Crippen LogP contribution in [0.3, 0.4) is 0 Å². The molecule has 0 fully saturated rings. The lowest BCUT2D eigenvalue weighted by Crippen LogP contribution is -2.37. The minimum absolute atomic E-state index is 0.146. The van der Waals surface area contributed by atoms with Crippen molar-refractivity contribution in [3.8, 4) is 5.75 Å². The van der Waals surface area contributed by atoms with Crippen LogP contribution in [0.5, 0.6) is 5.75 Å². The number of amides is 1. The highest BCUT2D eigenvalue weighted by atomic mass is 35.5. The Labute approximate surface area is 184 Å². The Hall–Kier alpha value is -2.25. The molecule has 2 rings (SSSR count). The first-order valence-corrected chi connectivity index (χ1v) is 12.0. The Morgan fingerprint density at radius 1 is 1.17 bits per heavy atom. The molecule has 0 aromatic heterocycles. The molecule has 1 amide bonds. The van der Waals surface area contributed by atoms with Crippen LogP contribution in [-0.4, -0.2) is 39.8 Å². The Bertz CT molecular complexity index is 979. The number of carbonyl (C=O) groups is 1. The van der Waals surface area contributed by atoms with Crippen LogP contribution in [0.1, 0.15) is 30.9 Å². The Morgan fingerprint density at radius 3 is 2.53 bits per heavy atom. The maximum atomic E-state index is 12.3. The fourth-order valence-electron chi connectivity index (χ4n) is 3.04. The largest absolute Gasteiger partial charge is 0.491 e. The van der Waals surface area contributed by atoms with Crippen molar-refractivity contribution in [2.75, 3.05) is 23.7 Å². The minimum Gasteiger partial charge on any atom is -0.491 e. The Kier molecular flexibility index (Phi) is 8.55. The van der Waals surface area contributed by atoms with Crippen LogP contribution in [0.25, 0.3) is 0 Å². The molecular formula is C22H29ClN2O4S. The molecule has 1 N–H and O–H groups in total. The van der Waals surface area contributed by atoms with Gasteiger partial charge < -0.3 is 10.1 Å². The summed E-state index contributed by atoms with van der Waals surface area (Å²) in [5.41, 5.74) is 2.26. The number of benzene rings is 2. The van der Waals surface area contributed by atoms with E-state index in [0.717, 1.165) is 17.6 Å². The molecule has 0 radical (unpaired) electrons. The van der Waals surface area contributed by atoms with Gasteiger partial charge in [-0.1, -0.05) is 35.9 Å². The van der Waals surface area contributed by atoms with E-state index in [4.69, 9.17) is 16.3 Å². The fourth-order valence-corrected chi connectivity index (χ4v) is 4.22. The van der Waals surface area contributed by atoms with Gasteiger partial charge in [0.05, 0.1) is 18.0 Å². The molecule has 6 nitrogen and oxygen atoms in total. The highest BCUT2D eigenvalue weighted by molar-refractivity contribution is 7.92. The van der Waals surface area contributed by atoms with Gasteiger partial charge in [0.2, 0.25) is 15.9 Å². The minimum atomic E-state index is -3.50. The number of rotatable bonds is 10. The monoisotopic (exact) mass is 452 g/mol. The first-order chi connectivity index (χ1) is 14.1. The van der Waals surface area contributed by atoms with Gasteiger partial charge in [0, 0.05) is 18.0 Å². The van der Waals surface area contributed by atoms with Gasteiger partial charge in [-0.3, -0.25) is 9.10 Å². The highest BCUT2D eigenvalue weighted by Gasteiger charge is 2.20. The molecule has 0 aliphatic rings. The molecule has 0 saturated heterocycles. The second-order valence-corrected chi connectivity index (χ2v) is 9.68. The summed E-state index contributed by atoms with van der Waals surface area (Å²) in [5, 5.41) is 3.39. The van der Waals surface area contributed by atoms with Crippen molar-refractivity contribution in [1.82, 2.24) is 5.32 Å². The van der Waals surface area contributed by atoms with Gasteiger partial charge in [0.25, 0.3) is 0 Å². The Balaban J connectivity index is 1.87. The third-order valence-corrected chi connectivity index (χ3v) is 6.25. The molecule has 164 valence electrons. The summed E-state index contributed by atoms with van der Waals surface area (Å²) >= 11 is 6.14. The zero-order chi connectivity index (χ0) is 22.3. The lowest BCUT2D eigenvalue weighted by Gasteiger charge is -2.24. The van der Waals surface area contributed by atoms with Crippen LogP contribution in [0.4, 0.5) is 5.69 Å². The Morgan fingerprint density at radius 2 is 1.87 bits per heavy atom. The lowest BCUT2D eigenvalue weighted by atomic mass is 10.2. The molecule has 8 heteroatoms. The van der Waals surface area contributed by atoms with Crippen molar-refractivity contribution in [1.29, 1.82) is 0 Å². The number of nitrogens with one attached hydrogen (secondary N) is 1. The van der Waals surface area contributed by atoms with E-state index in [9.17, 15) is 13.2 Å². The third-order valence-electron chi connectivity index (χ3n) is 4.66. The summed E-state index contributed by atoms with van der Waals surface area (Å²) in [6.07, 6.45) is 1.75. The summed E-state index contributed by atoms with van der Waals surface area (Å²) in [6, 6.07) is 12.7. The SMILES string of the molecule is Cc1ccccc1OCC(C)NC(=O)CCCN(c1cccc(Cl)c1C)S(C)(=O)=O. The smallest absolute Gasteiger partial charge is 0.232 e. The van der Waals surface area contributed by atoms with E-state index in [1.165, 1.54) is 4.31 Å². The van der Waals surface area contributed by atoms with Gasteiger partial charge in [-0.2, -0.15) is 0 Å². The van der Waals surface area contributed by atoms with Gasteiger partial charge >= 0.3 is 0 Å². The molecule has 30 heavy (non-hydrogen) atoms. The predicted octanol–water partition coefficient (Wildman–Crippen LogP) is 4.09. The molecule has 2 aromatic rings. The number of nitrogens with zero attached hydrogens (tertiary/aromatic N) is 1. The first-order valence-electron chi connectivity index (χ1n) is 9.80. The van der Waals surface area contributed by atoms with Crippen molar-refractivity contribution in [3.63, 3.8) is 0 Å². The second-order valence-electron chi connectivity index (χ2n) is 7.37. The van der Waals surface area contributed by atoms with Crippen molar-refractivity contribution in [2.24, 2.45) is 0 Å². The quantitative estimate of drug-likeness (QED) is 0.589. The van der Waals surface area contributed by atoms with E-state index in [2.05, 4.69) is 5.32 Å².